The highest BCUT2D eigenvalue weighted by atomic mass is 16.6. The molecule has 1 aromatic carbocycles. The average Bonchev–Trinajstić information content (AvgIpc) is 2.96. The molecule has 1 N–H and O–H groups in total. The van der Waals surface area contributed by atoms with Gasteiger partial charge in [0, 0.05) is 30.4 Å². The van der Waals surface area contributed by atoms with Gasteiger partial charge in [-0.1, -0.05) is 26.2 Å². The Morgan fingerprint density at radius 1 is 1.17 bits per heavy atom. The number of carbonyl (C=O) groups is 1. The van der Waals surface area contributed by atoms with Crippen LogP contribution in [0.15, 0.2) is 36.5 Å². The Labute approximate surface area is 134 Å². The van der Waals surface area contributed by atoms with Crippen LogP contribution in [0, 0.1) is 10.1 Å². The number of non-ortho nitro benzene ring substituents is 1. The van der Waals surface area contributed by atoms with Gasteiger partial charge in [-0.05, 0) is 30.2 Å². The molecule has 0 saturated carbocycles. The average molecular weight is 316 g/mol. The number of nitro benzene ring substituents is 1. The van der Waals surface area contributed by atoms with Gasteiger partial charge in [-0.2, -0.15) is 0 Å². The highest BCUT2D eigenvalue weighted by molar-refractivity contribution is 5.88. The van der Waals surface area contributed by atoms with E-state index in [-0.39, 0.29) is 11.4 Å². The van der Waals surface area contributed by atoms with Crippen LogP contribution < -0.4 is 0 Å². The molecule has 0 spiro atoms. The van der Waals surface area contributed by atoms with E-state index in [9.17, 15) is 20.0 Å². The van der Waals surface area contributed by atoms with Crippen LogP contribution in [0.4, 0.5) is 5.69 Å². The molecule has 6 nitrogen and oxygen atoms in total. The summed E-state index contributed by atoms with van der Waals surface area (Å²) >= 11 is 0. The number of aromatic nitrogens is 1. The number of aromatic carboxylic acids is 1. The summed E-state index contributed by atoms with van der Waals surface area (Å²) in [6, 6.07) is 7.74. The lowest BCUT2D eigenvalue weighted by Gasteiger charge is -2.05. The lowest BCUT2D eigenvalue weighted by molar-refractivity contribution is -0.384. The number of nitro groups is 1. The minimum atomic E-state index is -0.964. The van der Waals surface area contributed by atoms with E-state index in [1.54, 1.807) is 29.0 Å². The van der Waals surface area contributed by atoms with Crippen LogP contribution in [0.25, 0.3) is 11.1 Å². The molecule has 0 saturated heterocycles. The summed E-state index contributed by atoms with van der Waals surface area (Å²) in [5, 5.41) is 20.0. The van der Waals surface area contributed by atoms with E-state index in [1.165, 1.54) is 12.1 Å². The van der Waals surface area contributed by atoms with Crippen LogP contribution >= 0.6 is 0 Å². The lowest BCUT2D eigenvalue weighted by atomic mass is 10.1. The number of rotatable bonds is 8. The number of hydrogen-bond acceptors (Lipinski definition) is 3. The van der Waals surface area contributed by atoms with Crippen LogP contribution in [0.1, 0.15) is 43.1 Å². The lowest BCUT2D eigenvalue weighted by Crippen LogP contribution is -2.07. The number of unbranched alkanes of at least 4 members (excludes halogenated alkanes) is 3. The van der Waals surface area contributed by atoms with Gasteiger partial charge in [0.1, 0.15) is 5.69 Å². The van der Waals surface area contributed by atoms with Gasteiger partial charge in [0.25, 0.3) is 5.69 Å². The summed E-state index contributed by atoms with van der Waals surface area (Å²) in [6.45, 7) is 2.79. The summed E-state index contributed by atoms with van der Waals surface area (Å²) in [5.74, 6) is -0.964. The summed E-state index contributed by atoms with van der Waals surface area (Å²) in [5.41, 5.74) is 1.79. The zero-order valence-corrected chi connectivity index (χ0v) is 13.1. The number of aryl methyl sites for hydroxylation is 1. The number of hydrogen-bond donors (Lipinski definition) is 1. The standard InChI is InChI=1S/C17H20N2O4/c1-2-3-4-5-10-18-12-14(11-16(18)17(20)21)13-6-8-15(9-7-13)19(22)23/h6-9,11-12H,2-5,10H2,1H3,(H,20,21). The summed E-state index contributed by atoms with van der Waals surface area (Å²) < 4.78 is 1.74. The minimum Gasteiger partial charge on any atom is -0.477 e. The minimum absolute atomic E-state index is 0.0196. The van der Waals surface area contributed by atoms with Crippen LogP contribution in [-0.4, -0.2) is 20.6 Å². The third kappa shape index (κ3) is 4.18. The monoisotopic (exact) mass is 316 g/mol. The van der Waals surface area contributed by atoms with Gasteiger partial charge < -0.3 is 9.67 Å². The molecule has 1 aromatic heterocycles. The Kier molecular flexibility index (Phi) is 5.51. The molecule has 0 fully saturated rings. The van der Waals surface area contributed by atoms with Crippen molar-refractivity contribution in [3.8, 4) is 11.1 Å². The normalized spacial score (nSPS) is 10.7. The van der Waals surface area contributed by atoms with E-state index >= 15 is 0 Å². The summed E-state index contributed by atoms with van der Waals surface area (Å²) in [6.07, 6.45) is 6.07. The molecule has 122 valence electrons. The Balaban J connectivity index is 2.22. The Bertz CT molecular complexity index is 689. The van der Waals surface area contributed by atoms with Crippen molar-refractivity contribution >= 4 is 11.7 Å². The smallest absolute Gasteiger partial charge is 0.352 e. The summed E-state index contributed by atoms with van der Waals surface area (Å²) in [7, 11) is 0. The first-order chi connectivity index (χ1) is 11.0. The van der Waals surface area contributed by atoms with Crippen LogP contribution in [-0.2, 0) is 6.54 Å². The molecule has 0 aliphatic rings. The number of benzene rings is 1. The van der Waals surface area contributed by atoms with Gasteiger partial charge in [0.2, 0.25) is 0 Å². The van der Waals surface area contributed by atoms with Gasteiger partial charge in [0.05, 0.1) is 4.92 Å². The van der Waals surface area contributed by atoms with E-state index < -0.39 is 10.9 Å². The maximum Gasteiger partial charge on any atom is 0.352 e. The molecule has 0 amide bonds. The maximum absolute atomic E-state index is 11.4. The summed E-state index contributed by atoms with van der Waals surface area (Å²) in [4.78, 5) is 21.6. The molecule has 2 aromatic rings. The highest BCUT2D eigenvalue weighted by Gasteiger charge is 2.14. The fourth-order valence-corrected chi connectivity index (χ4v) is 2.52. The van der Waals surface area contributed by atoms with Gasteiger partial charge in [0.15, 0.2) is 0 Å². The van der Waals surface area contributed by atoms with Gasteiger partial charge in [-0.15, -0.1) is 0 Å². The molecule has 1 heterocycles. The Hall–Kier alpha value is -2.63. The molecule has 6 heteroatoms. The SMILES string of the molecule is CCCCCCn1cc(-c2ccc([N+](=O)[O-])cc2)cc1C(=O)O. The fourth-order valence-electron chi connectivity index (χ4n) is 2.52. The molecule has 0 radical (unpaired) electrons. The van der Waals surface area contributed by atoms with E-state index in [1.807, 2.05) is 0 Å². The third-order valence-electron chi connectivity index (χ3n) is 3.78. The van der Waals surface area contributed by atoms with E-state index in [0.717, 1.165) is 36.8 Å². The molecule has 0 aliphatic carbocycles. The second-order valence-electron chi connectivity index (χ2n) is 5.48. The molecular weight excluding hydrogens is 296 g/mol. The predicted molar refractivity (Wildman–Crippen MR) is 87.6 cm³/mol. The molecule has 0 atom stereocenters. The van der Waals surface area contributed by atoms with Crippen molar-refractivity contribution in [2.45, 2.75) is 39.2 Å². The maximum atomic E-state index is 11.4. The zero-order valence-electron chi connectivity index (χ0n) is 13.1. The third-order valence-corrected chi connectivity index (χ3v) is 3.78. The van der Waals surface area contributed by atoms with Crippen molar-refractivity contribution in [1.82, 2.24) is 4.57 Å². The van der Waals surface area contributed by atoms with E-state index in [0.29, 0.717) is 6.54 Å². The first-order valence-corrected chi connectivity index (χ1v) is 7.71. The predicted octanol–water partition coefficient (Wildman–Crippen LogP) is 4.34. The van der Waals surface area contributed by atoms with Crippen molar-refractivity contribution in [2.75, 3.05) is 0 Å². The first-order valence-electron chi connectivity index (χ1n) is 7.71. The second kappa shape index (κ2) is 7.58. The van der Waals surface area contributed by atoms with Crippen molar-refractivity contribution in [1.29, 1.82) is 0 Å². The second-order valence-corrected chi connectivity index (χ2v) is 5.48. The highest BCUT2D eigenvalue weighted by Crippen LogP contribution is 2.25. The van der Waals surface area contributed by atoms with Crippen molar-refractivity contribution in [2.24, 2.45) is 0 Å². The van der Waals surface area contributed by atoms with E-state index in [2.05, 4.69) is 6.92 Å². The van der Waals surface area contributed by atoms with Gasteiger partial charge >= 0.3 is 5.97 Å². The first kappa shape index (κ1) is 16.7. The van der Waals surface area contributed by atoms with Crippen LogP contribution in [0.3, 0.4) is 0 Å². The fraction of sp³-hybridized carbons (Fsp3) is 0.353. The zero-order chi connectivity index (χ0) is 16.8. The Morgan fingerprint density at radius 3 is 2.43 bits per heavy atom. The van der Waals surface area contributed by atoms with Crippen LogP contribution in [0.5, 0.6) is 0 Å². The van der Waals surface area contributed by atoms with Crippen molar-refractivity contribution in [3.05, 3.63) is 52.3 Å². The molecule has 0 bridgehead atoms. The van der Waals surface area contributed by atoms with Crippen LogP contribution in [0.2, 0.25) is 0 Å². The molecular formula is C17H20N2O4. The Morgan fingerprint density at radius 2 is 1.87 bits per heavy atom. The molecule has 2 rings (SSSR count). The molecule has 0 aliphatic heterocycles. The topological polar surface area (TPSA) is 85.4 Å². The largest absolute Gasteiger partial charge is 0.477 e. The number of nitrogens with zero attached hydrogens (tertiary/aromatic N) is 2. The number of carboxylic acids is 1. The number of carboxylic acid groups (broad SMARTS) is 1. The van der Waals surface area contributed by atoms with E-state index in [4.69, 9.17) is 0 Å². The molecule has 0 unspecified atom stereocenters. The van der Waals surface area contributed by atoms with Crippen molar-refractivity contribution in [3.63, 3.8) is 0 Å². The molecule has 23 heavy (non-hydrogen) atoms. The quantitative estimate of drug-likeness (QED) is 0.446. The van der Waals surface area contributed by atoms with Gasteiger partial charge in [-0.25, -0.2) is 4.79 Å². The van der Waals surface area contributed by atoms with Crippen molar-refractivity contribution < 1.29 is 14.8 Å². The van der Waals surface area contributed by atoms with Gasteiger partial charge in [-0.3, -0.25) is 10.1 Å².